The SMILES string of the molecule is CC.CC(C)=C(NC1CCCCCC1)NC1CC(C)(C)N(O)C(C)(C)C1.[HH].[HH]. The van der Waals surface area contributed by atoms with Gasteiger partial charge in [0.05, 0.1) is 5.82 Å². The Morgan fingerprint density at radius 1 is 0.846 bits per heavy atom. The molecule has 3 N–H and O–H groups in total. The van der Waals surface area contributed by atoms with E-state index >= 15 is 0 Å². The standard InChI is InChI=1S/C20H39N3O.C2H6.2H2/c1-15(2)18(21-16-11-9-7-8-10-12-16)22-17-13-19(3,4)23(24)20(5,6)14-17;1-2;;/h16-17,21-22,24H,7-14H2,1-6H3;1-2H3;2*1H. The first-order valence-electron chi connectivity index (χ1n) is 10.8. The topological polar surface area (TPSA) is 47.5 Å². The number of hydrogen-bond acceptors (Lipinski definition) is 4. The average molecular weight is 372 g/mol. The summed E-state index contributed by atoms with van der Waals surface area (Å²) in [5.41, 5.74) is 0.893. The van der Waals surface area contributed by atoms with Gasteiger partial charge in [0.15, 0.2) is 0 Å². The zero-order valence-corrected chi connectivity index (χ0v) is 18.7. The molecule has 1 aliphatic heterocycles. The highest BCUT2D eigenvalue weighted by Gasteiger charge is 2.45. The van der Waals surface area contributed by atoms with Crippen LogP contribution in [-0.4, -0.2) is 33.4 Å². The van der Waals surface area contributed by atoms with Crippen LogP contribution < -0.4 is 10.6 Å². The van der Waals surface area contributed by atoms with Crippen molar-refractivity contribution < 1.29 is 8.06 Å². The molecule has 0 bridgehead atoms. The van der Waals surface area contributed by atoms with Gasteiger partial charge in [-0.1, -0.05) is 39.5 Å². The number of allylic oxidation sites excluding steroid dienone is 1. The molecule has 2 rings (SSSR count). The van der Waals surface area contributed by atoms with Crippen molar-refractivity contribution in [3.63, 3.8) is 0 Å². The van der Waals surface area contributed by atoms with Gasteiger partial charge in [-0.05, 0) is 72.8 Å². The molecule has 0 unspecified atom stereocenters. The summed E-state index contributed by atoms with van der Waals surface area (Å²) in [4.78, 5) is 0. The lowest BCUT2D eigenvalue weighted by Crippen LogP contribution is -2.62. The van der Waals surface area contributed by atoms with E-state index in [1.807, 2.05) is 13.8 Å². The van der Waals surface area contributed by atoms with E-state index in [0.717, 1.165) is 12.8 Å². The van der Waals surface area contributed by atoms with E-state index in [1.54, 1.807) is 5.06 Å². The van der Waals surface area contributed by atoms with Crippen LogP contribution in [0, 0.1) is 0 Å². The van der Waals surface area contributed by atoms with Gasteiger partial charge in [0.25, 0.3) is 0 Å². The highest BCUT2D eigenvalue weighted by atomic mass is 16.5. The van der Waals surface area contributed by atoms with E-state index in [4.69, 9.17) is 0 Å². The number of rotatable bonds is 4. The molecule has 1 heterocycles. The Labute approximate surface area is 165 Å². The van der Waals surface area contributed by atoms with Gasteiger partial charge in [-0.3, -0.25) is 0 Å². The van der Waals surface area contributed by atoms with Crippen molar-refractivity contribution in [2.24, 2.45) is 0 Å². The second-order valence-corrected chi connectivity index (χ2v) is 9.39. The fourth-order valence-electron chi connectivity index (χ4n) is 4.53. The monoisotopic (exact) mass is 371 g/mol. The molecule has 0 radical (unpaired) electrons. The Bertz CT molecular complexity index is 437. The van der Waals surface area contributed by atoms with Crippen LogP contribution in [0.4, 0.5) is 0 Å². The molecule has 0 spiro atoms. The molecule has 0 atom stereocenters. The maximum absolute atomic E-state index is 10.5. The van der Waals surface area contributed by atoms with E-state index in [0.29, 0.717) is 12.1 Å². The summed E-state index contributed by atoms with van der Waals surface area (Å²) in [5.74, 6) is 1.21. The van der Waals surface area contributed by atoms with Crippen molar-refractivity contribution in [2.45, 2.75) is 130 Å². The molecule has 26 heavy (non-hydrogen) atoms. The molecule has 1 saturated heterocycles. The third kappa shape index (κ3) is 6.45. The van der Waals surface area contributed by atoms with Gasteiger partial charge in [0.1, 0.15) is 0 Å². The smallest absolute Gasteiger partial charge is 0.0976 e. The normalized spacial score (nSPS) is 24.0. The first kappa shape index (κ1) is 23.3. The maximum Gasteiger partial charge on any atom is 0.0976 e. The summed E-state index contributed by atoms with van der Waals surface area (Å²) in [7, 11) is 0. The van der Waals surface area contributed by atoms with Gasteiger partial charge in [-0.2, -0.15) is 5.06 Å². The summed E-state index contributed by atoms with van der Waals surface area (Å²) >= 11 is 0. The Morgan fingerprint density at radius 3 is 1.69 bits per heavy atom. The maximum atomic E-state index is 10.5. The van der Waals surface area contributed by atoms with Crippen LogP contribution in [0.25, 0.3) is 0 Å². The molecule has 0 amide bonds. The molecule has 1 aliphatic carbocycles. The molecular weight excluding hydrogens is 322 g/mol. The molecule has 0 aromatic heterocycles. The van der Waals surface area contributed by atoms with Crippen molar-refractivity contribution in [3.05, 3.63) is 11.4 Å². The minimum atomic E-state index is -0.214. The quantitative estimate of drug-likeness (QED) is 0.525. The summed E-state index contributed by atoms with van der Waals surface area (Å²) in [5, 5.41) is 19.6. The Kier molecular flexibility index (Phi) is 8.95. The zero-order valence-electron chi connectivity index (χ0n) is 18.7. The highest BCUT2D eigenvalue weighted by molar-refractivity contribution is 5.11. The number of hydroxylamine groups is 2. The fraction of sp³-hybridized carbons (Fsp3) is 0.909. The largest absolute Gasteiger partial charge is 0.369 e. The van der Waals surface area contributed by atoms with Gasteiger partial charge in [-0.25, -0.2) is 0 Å². The van der Waals surface area contributed by atoms with E-state index in [9.17, 15) is 5.21 Å². The number of piperidine rings is 1. The highest BCUT2D eigenvalue weighted by Crippen LogP contribution is 2.37. The minimum Gasteiger partial charge on any atom is -0.369 e. The van der Waals surface area contributed by atoms with Gasteiger partial charge in [0.2, 0.25) is 0 Å². The molecule has 158 valence electrons. The Hall–Kier alpha value is -0.740. The summed E-state index contributed by atoms with van der Waals surface area (Å²) in [6.07, 6.45) is 9.90. The van der Waals surface area contributed by atoms with Crippen LogP contribution in [0.2, 0.25) is 0 Å². The third-order valence-electron chi connectivity index (χ3n) is 5.69. The number of hydrogen-bond donors (Lipinski definition) is 3. The molecule has 1 saturated carbocycles. The zero-order chi connectivity index (χ0) is 20.0. The van der Waals surface area contributed by atoms with Crippen molar-refractivity contribution in [1.29, 1.82) is 0 Å². The molecule has 2 aliphatic rings. The van der Waals surface area contributed by atoms with Crippen LogP contribution in [0.1, 0.15) is 110 Å². The average Bonchev–Trinajstić information content (AvgIpc) is 2.82. The van der Waals surface area contributed by atoms with E-state index in [2.05, 4.69) is 52.2 Å². The van der Waals surface area contributed by atoms with E-state index < -0.39 is 0 Å². The van der Waals surface area contributed by atoms with Crippen LogP contribution in [0.15, 0.2) is 11.4 Å². The van der Waals surface area contributed by atoms with Gasteiger partial charge in [-0.15, -0.1) is 0 Å². The minimum absolute atomic E-state index is 0. The number of nitrogens with zero attached hydrogens (tertiary/aromatic N) is 1. The lowest BCUT2D eigenvalue weighted by Gasteiger charge is -2.52. The molecule has 0 aromatic carbocycles. The van der Waals surface area contributed by atoms with Gasteiger partial charge >= 0.3 is 0 Å². The predicted octanol–water partition coefficient (Wildman–Crippen LogP) is 6.07. The first-order valence-corrected chi connectivity index (χ1v) is 10.8. The summed E-state index contributed by atoms with van der Waals surface area (Å²) < 4.78 is 0. The van der Waals surface area contributed by atoms with Crippen molar-refractivity contribution >= 4 is 0 Å². The van der Waals surface area contributed by atoms with Crippen LogP contribution in [0.3, 0.4) is 0 Å². The summed E-state index contributed by atoms with van der Waals surface area (Å²) in [6.45, 7) is 16.9. The molecule has 4 nitrogen and oxygen atoms in total. The van der Waals surface area contributed by atoms with Gasteiger partial charge in [0, 0.05) is 26.0 Å². The van der Waals surface area contributed by atoms with Gasteiger partial charge < -0.3 is 15.8 Å². The van der Waals surface area contributed by atoms with E-state index in [-0.39, 0.29) is 13.9 Å². The molecule has 4 heteroatoms. The second-order valence-electron chi connectivity index (χ2n) is 9.39. The third-order valence-corrected chi connectivity index (χ3v) is 5.69. The number of nitrogens with one attached hydrogen (secondary N) is 2. The molecule has 0 aromatic rings. The lowest BCUT2D eigenvalue weighted by molar-refractivity contribution is -0.245. The Balaban J connectivity index is 0. The molecule has 2 fully saturated rings. The van der Waals surface area contributed by atoms with E-state index in [1.165, 1.54) is 49.9 Å². The fourth-order valence-corrected chi connectivity index (χ4v) is 4.53. The van der Waals surface area contributed by atoms with Crippen LogP contribution in [-0.2, 0) is 0 Å². The van der Waals surface area contributed by atoms with Crippen molar-refractivity contribution in [3.8, 4) is 0 Å². The Morgan fingerprint density at radius 2 is 1.27 bits per heavy atom. The first-order chi connectivity index (χ1) is 12.1. The summed E-state index contributed by atoms with van der Waals surface area (Å²) in [6, 6.07) is 0.977. The second kappa shape index (κ2) is 9.98. The predicted molar refractivity (Wildman–Crippen MR) is 117 cm³/mol. The van der Waals surface area contributed by atoms with Crippen LogP contribution >= 0.6 is 0 Å². The van der Waals surface area contributed by atoms with Crippen LogP contribution in [0.5, 0.6) is 0 Å². The molecular formula is C22H49N3O. The van der Waals surface area contributed by atoms with Crippen molar-refractivity contribution in [1.82, 2.24) is 15.7 Å². The van der Waals surface area contributed by atoms with Crippen molar-refractivity contribution in [2.75, 3.05) is 0 Å². The lowest BCUT2D eigenvalue weighted by atomic mass is 9.79.